The maximum Gasteiger partial charge on any atom is 0.335 e. The molecule has 0 saturated heterocycles. The Morgan fingerprint density at radius 3 is 2.73 bits per heavy atom. The molecule has 2 aliphatic rings. The lowest BCUT2D eigenvalue weighted by Gasteiger charge is -2.29. The van der Waals surface area contributed by atoms with Gasteiger partial charge in [0.2, 0.25) is 0 Å². The molecule has 118 valence electrons. The summed E-state index contributed by atoms with van der Waals surface area (Å²) in [4.78, 5) is 11.1. The third-order valence-corrected chi connectivity index (χ3v) is 6.03. The minimum atomic E-state index is -3.57. The summed E-state index contributed by atoms with van der Waals surface area (Å²) in [6.45, 7) is 3.12. The van der Waals surface area contributed by atoms with Crippen LogP contribution in [0, 0.1) is 0 Å². The summed E-state index contributed by atoms with van der Waals surface area (Å²) in [6.07, 6.45) is 4.55. The molecule has 1 unspecified atom stereocenters. The maximum atomic E-state index is 12.8. The van der Waals surface area contributed by atoms with Crippen LogP contribution in [0.5, 0.6) is 0 Å². The molecule has 0 saturated carbocycles. The highest BCUT2D eigenvalue weighted by Crippen LogP contribution is 2.39. The van der Waals surface area contributed by atoms with Crippen molar-refractivity contribution in [2.75, 3.05) is 23.9 Å². The standard InChI is InChI=1S/C15H18N2O4S/c1-11-10-17(22(20,21)16-7-3-2-4-8-16)14-6-5-12(15(18)19)9-13(11)14/h2-3,5-6,9,11H,4,7-8,10H2,1H3,(H,18,19). The molecular formula is C15H18N2O4S. The highest BCUT2D eigenvalue weighted by atomic mass is 32.2. The molecule has 7 heteroatoms. The van der Waals surface area contributed by atoms with Gasteiger partial charge >= 0.3 is 16.2 Å². The quantitative estimate of drug-likeness (QED) is 0.861. The molecule has 3 rings (SSSR count). The minimum absolute atomic E-state index is 0.0237. The predicted molar refractivity (Wildman–Crippen MR) is 83.4 cm³/mol. The van der Waals surface area contributed by atoms with Gasteiger partial charge in [-0.05, 0) is 30.2 Å². The number of rotatable bonds is 3. The van der Waals surface area contributed by atoms with Crippen LogP contribution in [0.4, 0.5) is 5.69 Å². The van der Waals surface area contributed by atoms with Crippen LogP contribution in [0.3, 0.4) is 0 Å². The van der Waals surface area contributed by atoms with Crippen LogP contribution in [-0.2, 0) is 10.2 Å². The smallest absolute Gasteiger partial charge is 0.335 e. The van der Waals surface area contributed by atoms with Crippen molar-refractivity contribution in [1.82, 2.24) is 4.31 Å². The summed E-state index contributed by atoms with van der Waals surface area (Å²) >= 11 is 0. The number of hydrogen-bond donors (Lipinski definition) is 1. The van der Waals surface area contributed by atoms with Gasteiger partial charge in [-0.25, -0.2) is 4.79 Å². The number of carboxylic acids is 1. The third-order valence-electron chi connectivity index (χ3n) is 4.14. The lowest BCUT2D eigenvalue weighted by molar-refractivity contribution is 0.0697. The van der Waals surface area contributed by atoms with Gasteiger partial charge in [-0.15, -0.1) is 0 Å². The Bertz CT molecular complexity index is 742. The zero-order valence-electron chi connectivity index (χ0n) is 12.3. The van der Waals surface area contributed by atoms with Crippen molar-refractivity contribution in [2.24, 2.45) is 0 Å². The summed E-state index contributed by atoms with van der Waals surface area (Å²) in [7, 11) is -3.57. The molecule has 0 bridgehead atoms. The molecule has 0 amide bonds. The summed E-state index contributed by atoms with van der Waals surface area (Å²) in [5, 5.41) is 9.08. The molecule has 0 aliphatic carbocycles. The predicted octanol–water partition coefficient (Wildman–Crippen LogP) is 1.82. The van der Waals surface area contributed by atoms with E-state index in [-0.39, 0.29) is 11.5 Å². The number of hydrogen-bond acceptors (Lipinski definition) is 3. The summed E-state index contributed by atoms with van der Waals surface area (Å²) < 4.78 is 28.5. The van der Waals surface area contributed by atoms with E-state index in [1.807, 2.05) is 19.1 Å². The molecule has 0 aromatic heterocycles. The number of carbonyl (C=O) groups is 1. The van der Waals surface area contributed by atoms with E-state index in [0.29, 0.717) is 31.7 Å². The van der Waals surface area contributed by atoms with E-state index in [1.54, 1.807) is 12.1 Å². The molecule has 1 aromatic rings. The van der Waals surface area contributed by atoms with Gasteiger partial charge in [-0.2, -0.15) is 12.7 Å². The first-order valence-electron chi connectivity index (χ1n) is 7.21. The SMILES string of the molecule is CC1CN(S(=O)(=O)N2CC=CCC2)c2ccc(C(=O)O)cc21. The van der Waals surface area contributed by atoms with Crippen molar-refractivity contribution in [3.05, 3.63) is 41.5 Å². The molecule has 6 nitrogen and oxygen atoms in total. The van der Waals surface area contributed by atoms with E-state index in [2.05, 4.69) is 0 Å². The number of carboxylic acid groups (broad SMARTS) is 1. The number of anilines is 1. The van der Waals surface area contributed by atoms with Gasteiger partial charge in [0, 0.05) is 25.6 Å². The van der Waals surface area contributed by atoms with E-state index < -0.39 is 16.2 Å². The number of aromatic carboxylic acids is 1. The molecular weight excluding hydrogens is 304 g/mol. The summed E-state index contributed by atoms with van der Waals surface area (Å²) in [5.74, 6) is -1.03. The molecule has 0 fully saturated rings. The first-order valence-corrected chi connectivity index (χ1v) is 8.61. The van der Waals surface area contributed by atoms with Crippen molar-refractivity contribution < 1.29 is 18.3 Å². The number of benzene rings is 1. The van der Waals surface area contributed by atoms with Crippen molar-refractivity contribution >= 4 is 21.9 Å². The highest BCUT2D eigenvalue weighted by Gasteiger charge is 2.37. The van der Waals surface area contributed by atoms with Crippen LogP contribution >= 0.6 is 0 Å². The van der Waals surface area contributed by atoms with Crippen LogP contribution in [0.15, 0.2) is 30.4 Å². The van der Waals surface area contributed by atoms with Gasteiger partial charge in [0.05, 0.1) is 11.3 Å². The topological polar surface area (TPSA) is 77.9 Å². The fourth-order valence-electron chi connectivity index (χ4n) is 2.94. The summed E-state index contributed by atoms with van der Waals surface area (Å²) in [6, 6.07) is 4.63. The van der Waals surface area contributed by atoms with Crippen molar-refractivity contribution in [1.29, 1.82) is 0 Å². The van der Waals surface area contributed by atoms with Crippen LogP contribution in [0.25, 0.3) is 0 Å². The van der Waals surface area contributed by atoms with E-state index in [1.165, 1.54) is 14.7 Å². The van der Waals surface area contributed by atoms with Crippen LogP contribution in [0.1, 0.15) is 35.2 Å². The summed E-state index contributed by atoms with van der Waals surface area (Å²) in [5.41, 5.74) is 1.55. The van der Waals surface area contributed by atoms with Crippen LogP contribution < -0.4 is 4.31 Å². The Balaban J connectivity index is 1.99. The number of nitrogens with zero attached hydrogens (tertiary/aromatic N) is 2. The molecule has 1 aromatic carbocycles. The molecule has 0 radical (unpaired) electrons. The first-order chi connectivity index (χ1) is 10.4. The average molecular weight is 322 g/mol. The van der Waals surface area contributed by atoms with Gasteiger partial charge < -0.3 is 5.11 Å². The second-order valence-corrected chi connectivity index (χ2v) is 7.49. The number of fused-ring (bicyclic) bond motifs is 1. The highest BCUT2D eigenvalue weighted by molar-refractivity contribution is 7.90. The molecule has 2 heterocycles. The molecule has 1 N–H and O–H groups in total. The fourth-order valence-corrected chi connectivity index (χ4v) is 4.66. The Hall–Kier alpha value is -1.86. The minimum Gasteiger partial charge on any atom is -0.478 e. The van der Waals surface area contributed by atoms with E-state index in [9.17, 15) is 13.2 Å². The molecule has 22 heavy (non-hydrogen) atoms. The van der Waals surface area contributed by atoms with Gasteiger partial charge in [0.1, 0.15) is 0 Å². The van der Waals surface area contributed by atoms with Gasteiger partial charge in [0.25, 0.3) is 0 Å². The largest absolute Gasteiger partial charge is 0.478 e. The van der Waals surface area contributed by atoms with E-state index in [4.69, 9.17) is 5.11 Å². The monoisotopic (exact) mass is 322 g/mol. The van der Waals surface area contributed by atoms with Gasteiger partial charge in [-0.3, -0.25) is 4.31 Å². The Morgan fingerprint density at radius 1 is 1.32 bits per heavy atom. The fraction of sp³-hybridized carbons (Fsp3) is 0.400. The van der Waals surface area contributed by atoms with Crippen molar-refractivity contribution in [2.45, 2.75) is 19.3 Å². The zero-order chi connectivity index (χ0) is 15.9. The van der Waals surface area contributed by atoms with Crippen LogP contribution in [0.2, 0.25) is 0 Å². The first kappa shape index (κ1) is 15.1. The van der Waals surface area contributed by atoms with E-state index in [0.717, 1.165) is 5.56 Å². The van der Waals surface area contributed by atoms with Crippen molar-refractivity contribution in [3.8, 4) is 0 Å². The van der Waals surface area contributed by atoms with Crippen molar-refractivity contribution in [3.63, 3.8) is 0 Å². The normalized spacial score (nSPS) is 21.9. The lowest BCUT2D eigenvalue weighted by Crippen LogP contribution is -2.44. The second-order valence-electron chi connectivity index (χ2n) is 5.64. The third kappa shape index (κ3) is 2.40. The Labute approximate surface area is 129 Å². The van der Waals surface area contributed by atoms with E-state index >= 15 is 0 Å². The van der Waals surface area contributed by atoms with Gasteiger partial charge in [-0.1, -0.05) is 19.1 Å². The second kappa shape index (κ2) is 5.40. The van der Waals surface area contributed by atoms with Gasteiger partial charge in [0.15, 0.2) is 0 Å². The molecule has 1 atom stereocenters. The van der Waals surface area contributed by atoms with Crippen LogP contribution in [-0.4, -0.2) is 43.4 Å². The maximum absolute atomic E-state index is 12.8. The zero-order valence-corrected chi connectivity index (χ0v) is 13.1. The average Bonchev–Trinajstić information content (AvgIpc) is 2.85. The Morgan fingerprint density at radius 2 is 2.09 bits per heavy atom. The molecule has 0 spiro atoms. The lowest BCUT2D eigenvalue weighted by atomic mass is 10.0. The molecule has 2 aliphatic heterocycles. The Kier molecular flexibility index (Phi) is 3.70.